The highest BCUT2D eigenvalue weighted by Gasteiger charge is 2.14. The fraction of sp³-hybridized carbons (Fsp3) is 0.136. The van der Waals surface area contributed by atoms with Gasteiger partial charge in [0.1, 0.15) is 23.0 Å². The molecule has 8 nitrogen and oxygen atoms in total. The van der Waals surface area contributed by atoms with Gasteiger partial charge in [0.05, 0.1) is 43.7 Å². The molecule has 0 saturated carbocycles. The van der Waals surface area contributed by atoms with E-state index in [4.69, 9.17) is 30.2 Å². The molecule has 3 rings (SSSR count). The predicted octanol–water partition coefficient (Wildman–Crippen LogP) is 4.17. The number of furan rings is 1. The van der Waals surface area contributed by atoms with Gasteiger partial charge in [-0.05, 0) is 42.5 Å². The maximum Gasteiger partial charge on any atom is 0.339 e. The van der Waals surface area contributed by atoms with Crippen LogP contribution >= 0.6 is 11.6 Å². The van der Waals surface area contributed by atoms with E-state index in [1.165, 1.54) is 27.5 Å². The number of hydrazone groups is 1. The van der Waals surface area contributed by atoms with Crippen molar-refractivity contribution in [2.75, 3.05) is 21.3 Å². The van der Waals surface area contributed by atoms with Crippen LogP contribution in [0.3, 0.4) is 0 Å². The number of methoxy groups -OCH3 is 3. The smallest absolute Gasteiger partial charge is 0.339 e. The Balaban J connectivity index is 1.72. The molecule has 0 bridgehead atoms. The van der Waals surface area contributed by atoms with E-state index in [2.05, 4.69) is 10.5 Å². The molecule has 0 aliphatic carbocycles. The fourth-order valence-corrected chi connectivity index (χ4v) is 2.92. The van der Waals surface area contributed by atoms with Crippen LogP contribution in [0.5, 0.6) is 11.5 Å². The van der Waals surface area contributed by atoms with Crippen LogP contribution in [-0.4, -0.2) is 39.4 Å². The van der Waals surface area contributed by atoms with Gasteiger partial charge in [-0.15, -0.1) is 0 Å². The summed E-state index contributed by atoms with van der Waals surface area (Å²) in [6.45, 7) is 0. The average molecular weight is 443 g/mol. The van der Waals surface area contributed by atoms with Gasteiger partial charge in [0.15, 0.2) is 0 Å². The van der Waals surface area contributed by atoms with Crippen molar-refractivity contribution in [1.82, 2.24) is 5.43 Å². The summed E-state index contributed by atoms with van der Waals surface area (Å²) in [7, 11) is 4.26. The zero-order valence-corrected chi connectivity index (χ0v) is 17.7. The van der Waals surface area contributed by atoms with Crippen LogP contribution in [0.15, 0.2) is 58.0 Å². The van der Waals surface area contributed by atoms with Gasteiger partial charge in [-0.2, -0.15) is 5.10 Å². The summed E-state index contributed by atoms with van der Waals surface area (Å²) in [5.41, 5.74) is 3.59. The van der Waals surface area contributed by atoms with Crippen LogP contribution in [0.2, 0.25) is 5.02 Å². The van der Waals surface area contributed by atoms with E-state index in [9.17, 15) is 9.59 Å². The van der Waals surface area contributed by atoms with Gasteiger partial charge < -0.3 is 18.6 Å². The Morgan fingerprint density at radius 3 is 2.52 bits per heavy atom. The zero-order valence-electron chi connectivity index (χ0n) is 17.0. The largest absolute Gasteiger partial charge is 0.497 e. The molecule has 160 valence electrons. The average Bonchev–Trinajstić information content (AvgIpc) is 3.27. The van der Waals surface area contributed by atoms with Gasteiger partial charge in [0, 0.05) is 11.6 Å². The number of amides is 1. The van der Waals surface area contributed by atoms with Gasteiger partial charge in [-0.25, -0.2) is 10.2 Å². The molecule has 0 spiro atoms. The standard InChI is InChI=1S/C22H19ClN2O6/c1-28-14-5-7-16(20(11-14)29-2)21(26)25-24-12-15-6-9-19(31-15)13-4-8-18(23)17(10-13)22(27)30-3/h4-12H,1-3H3,(H,25,26). The zero-order chi connectivity index (χ0) is 22.4. The fourth-order valence-electron chi connectivity index (χ4n) is 2.72. The summed E-state index contributed by atoms with van der Waals surface area (Å²) in [4.78, 5) is 24.2. The quantitative estimate of drug-likeness (QED) is 0.335. The highest BCUT2D eigenvalue weighted by atomic mass is 35.5. The molecular formula is C22H19ClN2O6. The number of ether oxygens (including phenoxy) is 3. The summed E-state index contributed by atoms with van der Waals surface area (Å²) in [6, 6.07) is 13.1. The van der Waals surface area contributed by atoms with Gasteiger partial charge in [0.2, 0.25) is 0 Å². The SMILES string of the molecule is COC(=O)c1cc(-c2ccc(C=NNC(=O)c3ccc(OC)cc3OC)o2)ccc1Cl. The lowest BCUT2D eigenvalue weighted by atomic mass is 10.1. The molecule has 9 heteroatoms. The highest BCUT2D eigenvalue weighted by Crippen LogP contribution is 2.27. The van der Waals surface area contributed by atoms with Crippen LogP contribution in [0.4, 0.5) is 0 Å². The van der Waals surface area contributed by atoms with E-state index in [1.807, 2.05) is 0 Å². The first-order chi connectivity index (χ1) is 15.0. The molecule has 1 heterocycles. The number of hydrogen-bond donors (Lipinski definition) is 1. The lowest BCUT2D eigenvalue weighted by Crippen LogP contribution is -2.18. The Morgan fingerprint density at radius 1 is 1.00 bits per heavy atom. The Labute approximate surface area is 183 Å². The molecule has 0 aliphatic rings. The van der Waals surface area contributed by atoms with E-state index < -0.39 is 11.9 Å². The lowest BCUT2D eigenvalue weighted by molar-refractivity contribution is 0.0601. The number of carbonyl (C=O) groups is 2. The summed E-state index contributed by atoms with van der Waals surface area (Å²) < 4.78 is 20.8. The van der Waals surface area contributed by atoms with Crippen LogP contribution in [0.1, 0.15) is 26.5 Å². The summed E-state index contributed by atoms with van der Waals surface area (Å²) in [5.74, 6) is 0.812. The minimum Gasteiger partial charge on any atom is -0.497 e. The van der Waals surface area contributed by atoms with Crippen molar-refractivity contribution in [2.24, 2.45) is 5.10 Å². The van der Waals surface area contributed by atoms with Crippen molar-refractivity contribution in [2.45, 2.75) is 0 Å². The molecule has 0 atom stereocenters. The number of nitrogens with zero attached hydrogens (tertiary/aromatic N) is 1. The van der Waals surface area contributed by atoms with Gasteiger partial charge in [0.25, 0.3) is 5.91 Å². The van der Waals surface area contributed by atoms with Crippen molar-refractivity contribution < 1.29 is 28.2 Å². The van der Waals surface area contributed by atoms with E-state index in [0.717, 1.165) is 0 Å². The Bertz CT molecular complexity index is 1140. The number of carbonyl (C=O) groups excluding carboxylic acids is 2. The third-order valence-electron chi connectivity index (χ3n) is 4.29. The first-order valence-corrected chi connectivity index (χ1v) is 9.38. The molecule has 3 aromatic rings. The molecule has 0 fully saturated rings. The minimum absolute atomic E-state index is 0.231. The Hall–Kier alpha value is -3.78. The molecule has 0 saturated heterocycles. The summed E-state index contributed by atoms with van der Waals surface area (Å²) >= 11 is 6.04. The van der Waals surface area contributed by atoms with E-state index >= 15 is 0 Å². The molecule has 31 heavy (non-hydrogen) atoms. The van der Waals surface area contributed by atoms with Crippen LogP contribution in [0, 0.1) is 0 Å². The van der Waals surface area contributed by atoms with Crippen molar-refractivity contribution in [3.8, 4) is 22.8 Å². The highest BCUT2D eigenvalue weighted by molar-refractivity contribution is 6.33. The van der Waals surface area contributed by atoms with E-state index in [0.29, 0.717) is 34.1 Å². The van der Waals surface area contributed by atoms with Crippen molar-refractivity contribution >= 4 is 29.7 Å². The van der Waals surface area contributed by atoms with Crippen molar-refractivity contribution in [3.05, 3.63) is 70.4 Å². The van der Waals surface area contributed by atoms with E-state index in [1.54, 1.807) is 48.5 Å². The lowest BCUT2D eigenvalue weighted by Gasteiger charge is -2.08. The predicted molar refractivity (Wildman–Crippen MR) is 115 cm³/mol. The minimum atomic E-state index is -0.545. The normalized spacial score (nSPS) is 10.7. The number of esters is 1. The van der Waals surface area contributed by atoms with Crippen LogP contribution in [0.25, 0.3) is 11.3 Å². The maximum atomic E-state index is 12.4. The third kappa shape index (κ3) is 5.04. The first kappa shape index (κ1) is 21.9. The second-order valence-electron chi connectivity index (χ2n) is 6.15. The van der Waals surface area contributed by atoms with Crippen LogP contribution < -0.4 is 14.9 Å². The van der Waals surface area contributed by atoms with Gasteiger partial charge in [-0.3, -0.25) is 4.79 Å². The molecule has 0 radical (unpaired) electrons. The molecule has 0 unspecified atom stereocenters. The maximum absolute atomic E-state index is 12.4. The Kier molecular flexibility index (Phi) is 6.94. The number of rotatable bonds is 7. The van der Waals surface area contributed by atoms with Gasteiger partial charge >= 0.3 is 5.97 Å². The van der Waals surface area contributed by atoms with Crippen molar-refractivity contribution in [1.29, 1.82) is 0 Å². The number of benzene rings is 2. The monoisotopic (exact) mass is 442 g/mol. The molecular weight excluding hydrogens is 424 g/mol. The summed E-state index contributed by atoms with van der Waals surface area (Å²) in [5, 5.41) is 4.19. The van der Waals surface area contributed by atoms with Crippen LogP contribution in [-0.2, 0) is 4.74 Å². The number of halogens is 1. The second-order valence-corrected chi connectivity index (χ2v) is 6.56. The third-order valence-corrected chi connectivity index (χ3v) is 4.62. The molecule has 1 N–H and O–H groups in total. The number of nitrogens with one attached hydrogen (secondary N) is 1. The second kappa shape index (κ2) is 9.82. The molecule has 1 aromatic heterocycles. The summed E-state index contributed by atoms with van der Waals surface area (Å²) in [6.07, 6.45) is 1.36. The molecule has 2 aromatic carbocycles. The Morgan fingerprint density at radius 2 is 1.81 bits per heavy atom. The number of hydrogen-bond acceptors (Lipinski definition) is 7. The molecule has 0 aliphatic heterocycles. The first-order valence-electron chi connectivity index (χ1n) is 9.00. The van der Waals surface area contributed by atoms with E-state index in [-0.39, 0.29) is 10.6 Å². The van der Waals surface area contributed by atoms with Crippen molar-refractivity contribution in [3.63, 3.8) is 0 Å². The van der Waals surface area contributed by atoms with Gasteiger partial charge in [-0.1, -0.05) is 11.6 Å². The topological polar surface area (TPSA) is 99.4 Å². The molecule has 1 amide bonds.